The van der Waals surface area contributed by atoms with Crippen molar-refractivity contribution in [2.45, 2.75) is 26.3 Å². The van der Waals surface area contributed by atoms with Gasteiger partial charge >= 0.3 is 0 Å². The Bertz CT molecular complexity index is 477. The minimum atomic E-state index is 0.0433. The fourth-order valence-corrected chi connectivity index (χ4v) is 2.55. The fraction of sp³-hybridized carbons (Fsp3) is 0.533. The summed E-state index contributed by atoms with van der Waals surface area (Å²) < 4.78 is 6.66. The van der Waals surface area contributed by atoms with E-state index >= 15 is 0 Å². The molecule has 2 rings (SSSR count). The van der Waals surface area contributed by atoms with Crippen LogP contribution in [0, 0.1) is 5.92 Å². The molecule has 0 fully saturated rings. The molecule has 0 saturated carbocycles. The molecule has 1 unspecified atom stereocenters. The summed E-state index contributed by atoms with van der Waals surface area (Å²) in [7, 11) is 0. The molecule has 5 heteroatoms. The first-order chi connectivity index (χ1) is 9.56. The van der Waals surface area contributed by atoms with Crippen LogP contribution < -0.4 is 15.4 Å². The third-order valence-corrected chi connectivity index (χ3v) is 3.72. The van der Waals surface area contributed by atoms with E-state index in [0.717, 1.165) is 28.8 Å². The number of carbonyl (C=O) groups excluding carboxylic acids is 1. The predicted octanol–water partition coefficient (Wildman–Crippen LogP) is 2.63. The van der Waals surface area contributed by atoms with Crippen LogP contribution in [0.5, 0.6) is 5.75 Å². The van der Waals surface area contributed by atoms with Gasteiger partial charge in [-0.3, -0.25) is 4.79 Å². The van der Waals surface area contributed by atoms with Crippen molar-refractivity contribution in [3.05, 3.63) is 28.2 Å². The predicted molar refractivity (Wildman–Crippen MR) is 82.8 cm³/mol. The second kappa shape index (κ2) is 7.09. The number of hydrogen-bond donors (Lipinski definition) is 2. The Hall–Kier alpha value is -1.07. The Morgan fingerprint density at radius 1 is 1.50 bits per heavy atom. The van der Waals surface area contributed by atoms with E-state index in [9.17, 15) is 4.79 Å². The van der Waals surface area contributed by atoms with Crippen LogP contribution in [0.1, 0.15) is 31.9 Å². The van der Waals surface area contributed by atoms with Gasteiger partial charge in [0.2, 0.25) is 5.91 Å². The van der Waals surface area contributed by atoms with Gasteiger partial charge in [-0.2, -0.15) is 0 Å². The third kappa shape index (κ3) is 4.21. The van der Waals surface area contributed by atoms with Crippen molar-refractivity contribution in [1.29, 1.82) is 0 Å². The average molecular weight is 341 g/mol. The van der Waals surface area contributed by atoms with E-state index in [1.165, 1.54) is 0 Å². The van der Waals surface area contributed by atoms with Crippen molar-refractivity contribution < 1.29 is 9.53 Å². The fourth-order valence-electron chi connectivity index (χ4n) is 2.17. The zero-order valence-corrected chi connectivity index (χ0v) is 13.5. The topological polar surface area (TPSA) is 50.4 Å². The summed E-state index contributed by atoms with van der Waals surface area (Å²) in [5.41, 5.74) is 1.11. The molecule has 0 aromatic heterocycles. The summed E-state index contributed by atoms with van der Waals surface area (Å²) in [6.07, 6.45) is 0.876. The lowest BCUT2D eigenvalue weighted by Crippen LogP contribution is -2.38. The first-order valence-electron chi connectivity index (χ1n) is 6.98. The first kappa shape index (κ1) is 15.3. The highest BCUT2D eigenvalue weighted by Crippen LogP contribution is 2.33. The summed E-state index contributed by atoms with van der Waals surface area (Å²) in [6, 6.07) is 6.15. The van der Waals surface area contributed by atoms with Gasteiger partial charge in [0.1, 0.15) is 5.75 Å². The van der Waals surface area contributed by atoms with Crippen molar-refractivity contribution in [3.63, 3.8) is 0 Å². The number of halogens is 1. The first-order valence-corrected chi connectivity index (χ1v) is 7.78. The van der Waals surface area contributed by atoms with Crippen LogP contribution in [0.2, 0.25) is 0 Å². The number of carbonyl (C=O) groups is 1. The average Bonchev–Trinajstić information content (AvgIpc) is 2.42. The molecule has 0 aliphatic carbocycles. The summed E-state index contributed by atoms with van der Waals surface area (Å²) in [5, 5.41) is 6.23. The zero-order valence-electron chi connectivity index (χ0n) is 11.9. The van der Waals surface area contributed by atoms with Crippen LogP contribution in [0.15, 0.2) is 22.7 Å². The SMILES string of the molecule is CC(C)CNC(=O)CNC1CCOc2ccc(Br)cc21. The number of nitrogens with one attached hydrogen (secondary N) is 2. The molecule has 4 nitrogen and oxygen atoms in total. The van der Waals surface area contributed by atoms with Gasteiger partial charge in [0, 0.05) is 29.0 Å². The number of amides is 1. The molecular formula is C15H21BrN2O2. The normalized spacial score (nSPS) is 17.5. The van der Waals surface area contributed by atoms with Crippen molar-refractivity contribution in [2.24, 2.45) is 5.92 Å². The van der Waals surface area contributed by atoms with Crippen molar-refractivity contribution in [1.82, 2.24) is 10.6 Å². The standard InChI is InChI=1S/C15H21BrN2O2/c1-10(2)8-18-15(19)9-17-13-5-6-20-14-4-3-11(16)7-12(13)14/h3-4,7,10,13,17H,5-6,8-9H2,1-2H3,(H,18,19). The van der Waals surface area contributed by atoms with Crippen LogP contribution in [0.4, 0.5) is 0 Å². The molecule has 1 aliphatic rings. The molecule has 110 valence electrons. The minimum absolute atomic E-state index is 0.0433. The number of fused-ring (bicyclic) bond motifs is 1. The van der Waals surface area contributed by atoms with E-state index in [4.69, 9.17) is 4.74 Å². The maximum Gasteiger partial charge on any atom is 0.233 e. The highest BCUT2D eigenvalue weighted by Gasteiger charge is 2.21. The molecule has 0 bridgehead atoms. The van der Waals surface area contributed by atoms with E-state index < -0.39 is 0 Å². The van der Waals surface area contributed by atoms with Crippen LogP contribution in [-0.2, 0) is 4.79 Å². The van der Waals surface area contributed by atoms with Gasteiger partial charge in [-0.05, 0) is 24.1 Å². The summed E-state index contributed by atoms with van der Waals surface area (Å²) in [6.45, 7) is 5.90. The van der Waals surface area contributed by atoms with E-state index in [2.05, 4.69) is 46.5 Å². The number of rotatable bonds is 5. The van der Waals surface area contributed by atoms with Crippen LogP contribution >= 0.6 is 15.9 Å². The number of benzene rings is 1. The Labute approximate surface area is 128 Å². The summed E-state index contributed by atoms with van der Waals surface area (Å²) in [4.78, 5) is 11.8. The Morgan fingerprint density at radius 3 is 3.05 bits per heavy atom. The van der Waals surface area contributed by atoms with Crippen LogP contribution in [0.3, 0.4) is 0 Å². The van der Waals surface area contributed by atoms with E-state index in [1.54, 1.807) is 0 Å². The molecule has 20 heavy (non-hydrogen) atoms. The van der Waals surface area contributed by atoms with Gasteiger partial charge in [-0.15, -0.1) is 0 Å². The third-order valence-electron chi connectivity index (χ3n) is 3.23. The molecule has 0 radical (unpaired) electrons. The Balaban J connectivity index is 1.91. The highest BCUT2D eigenvalue weighted by molar-refractivity contribution is 9.10. The van der Waals surface area contributed by atoms with Crippen LogP contribution in [-0.4, -0.2) is 25.6 Å². The summed E-state index contributed by atoms with van der Waals surface area (Å²) in [5.74, 6) is 1.42. The molecule has 1 amide bonds. The van der Waals surface area contributed by atoms with Crippen molar-refractivity contribution in [3.8, 4) is 5.75 Å². The molecular weight excluding hydrogens is 320 g/mol. The Kier molecular flexibility index (Phi) is 5.43. The lowest BCUT2D eigenvalue weighted by molar-refractivity contribution is -0.120. The van der Waals surface area contributed by atoms with Gasteiger partial charge < -0.3 is 15.4 Å². The lowest BCUT2D eigenvalue weighted by Gasteiger charge is -2.27. The van der Waals surface area contributed by atoms with E-state index in [1.807, 2.05) is 12.1 Å². The lowest BCUT2D eigenvalue weighted by atomic mass is 10.0. The van der Waals surface area contributed by atoms with E-state index in [-0.39, 0.29) is 11.9 Å². The van der Waals surface area contributed by atoms with Gasteiger partial charge in [0.15, 0.2) is 0 Å². The van der Waals surface area contributed by atoms with Crippen molar-refractivity contribution in [2.75, 3.05) is 19.7 Å². The largest absolute Gasteiger partial charge is 0.493 e. The monoisotopic (exact) mass is 340 g/mol. The zero-order chi connectivity index (χ0) is 14.5. The number of hydrogen-bond acceptors (Lipinski definition) is 3. The van der Waals surface area contributed by atoms with Gasteiger partial charge in [0.25, 0.3) is 0 Å². The molecule has 2 N–H and O–H groups in total. The van der Waals surface area contributed by atoms with Gasteiger partial charge in [-0.1, -0.05) is 29.8 Å². The maximum atomic E-state index is 11.8. The second-order valence-electron chi connectivity index (χ2n) is 5.45. The van der Waals surface area contributed by atoms with E-state index in [0.29, 0.717) is 19.1 Å². The molecule has 1 aromatic rings. The summed E-state index contributed by atoms with van der Waals surface area (Å²) >= 11 is 3.48. The van der Waals surface area contributed by atoms with Gasteiger partial charge in [-0.25, -0.2) is 0 Å². The maximum absolute atomic E-state index is 11.8. The van der Waals surface area contributed by atoms with Crippen molar-refractivity contribution >= 4 is 21.8 Å². The Morgan fingerprint density at radius 2 is 2.30 bits per heavy atom. The molecule has 1 aliphatic heterocycles. The smallest absolute Gasteiger partial charge is 0.233 e. The van der Waals surface area contributed by atoms with Gasteiger partial charge in [0.05, 0.1) is 13.2 Å². The molecule has 1 atom stereocenters. The minimum Gasteiger partial charge on any atom is -0.493 e. The second-order valence-corrected chi connectivity index (χ2v) is 6.37. The quantitative estimate of drug-likeness (QED) is 0.866. The highest BCUT2D eigenvalue weighted by atomic mass is 79.9. The molecule has 0 saturated heterocycles. The molecule has 1 heterocycles. The molecule has 0 spiro atoms. The van der Waals surface area contributed by atoms with Crippen LogP contribution in [0.25, 0.3) is 0 Å². The number of ether oxygens (including phenoxy) is 1. The molecule has 1 aromatic carbocycles.